The number of aryl methyl sites for hydroxylation is 1. The van der Waals surface area contributed by atoms with Gasteiger partial charge in [0.2, 0.25) is 0 Å². The first kappa shape index (κ1) is 19.7. The molecule has 142 valence electrons. The quantitative estimate of drug-likeness (QED) is 0.595. The van der Waals surface area contributed by atoms with Gasteiger partial charge in [-0.2, -0.15) is 0 Å². The van der Waals surface area contributed by atoms with E-state index in [-0.39, 0.29) is 5.91 Å². The van der Waals surface area contributed by atoms with Crippen LogP contribution in [-0.2, 0) is 0 Å². The van der Waals surface area contributed by atoms with E-state index in [1.807, 2.05) is 19.1 Å². The summed E-state index contributed by atoms with van der Waals surface area (Å²) in [5, 5.41) is 1.28. The van der Waals surface area contributed by atoms with Crippen molar-refractivity contribution in [1.29, 1.82) is 0 Å². The molecule has 0 spiro atoms. The molecule has 0 aliphatic rings. The van der Waals surface area contributed by atoms with Gasteiger partial charge in [-0.15, -0.1) is 0 Å². The molecule has 1 aromatic carbocycles. The fourth-order valence-corrected chi connectivity index (χ4v) is 4.16. The monoisotopic (exact) mass is 403 g/mol. The second kappa shape index (κ2) is 8.73. The molecule has 3 aromatic rings. The lowest BCUT2D eigenvalue weighted by atomic mass is 10.2. The number of likely N-dealkylation sites (N-methyl/N-ethyl adjacent to an activating group) is 1. The average molecular weight is 404 g/mol. The highest BCUT2D eigenvalue weighted by atomic mass is 35.5. The number of rotatable bonds is 7. The second-order valence-electron chi connectivity index (χ2n) is 6.11. The van der Waals surface area contributed by atoms with Gasteiger partial charge >= 0.3 is 0 Å². The van der Waals surface area contributed by atoms with E-state index in [4.69, 9.17) is 16.6 Å². The predicted octanol–water partition coefficient (Wildman–Crippen LogP) is 4.04. The normalized spacial score (nSPS) is 11.3. The van der Waals surface area contributed by atoms with Crippen LogP contribution in [0.25, 0.3) is 10.2 Å². The first-order chi connectivity index (χ1) is 13.0. The predicted molar refractivity (Wildman–Crippen MR) is 111 cm³/mol. The van der Waals surface area contributed by atoms with Gasteiger partial charge in [0.25, 0.3) is 5.91 Å². The van der Waals surface area contributed by atoms with Gasteiger partial charge in [0.15, 0.2) is 5.13 Å². The minimum atomic E-state index is -0.205. The minimum Gasteiger partial charge on any atom is -0.302 e. The van der Waals surface area contributed by atoms with Crippen molar-refractivity contribution in [3.05, 3.63) is 47.0 Å². The Bertz CT molecular complexity index is 887. The molecular formula is C19H22ClN5OS. The number of nitrogens with zero attached hydrogens (tertiary/aromatic N) is 5. The average Bonchev–Trinajstić information content (AvgIpc) is 3.15. The molecule has 1 amide bonds. The van der Waals surface area contributed by atoms with Crippen LogP contribution in [0.3, 0.4) is 0 Å². The Balaban J connectivity index is 2.00. The maximum Gasteiger partial charge on any atom is 0.280 e. The van der Waals surface area contributed by atoms with Crippen molar-refractivity contribution in [3.63, 3.8) is 0 Å². The number of anilines is 1. The van der Waals surface area contributed by atoms with Crippen LogP contribution in [0.2, 0.25) is 5.02 Å². The molecule has 0 atom stereocenters. The highest BCUT2D eigenvalue weighted by Crippen LogP contribution is 2.35. The van der Waals surface area contributed by atoms with Crippen LogP contribution < -0.4 is 4.90 Å². The summed E-state index contributed by atoms with van der Waals surface area (Å²) in [6.45, 7) is 9.34. The zero-order valence-electron chi connectivity index (χ0n) is 15.6. The van der Waals surface area contributed by atoms with Crippen LogP contribution >= 0.6 is 22.9 Å². The van der Waals surface area contributed by atoms with Gasteiger partial charge in [0.1, 0.15) is 5.69 Å². The van der Waals surface area contributed by atoms with Gasteiger partial charge in [-0.3, -0.25) is 14.7 Å². The van der Waals surface area contributed by atoms with Crippen LogP contribution in [0.5, 0.6) is 0 Å². The van der Waals surface area contributed by atoms with Gasteiger partial charge in [0.05, 0.1) is 21.4 Å². The number of amides is 1. The molecule has 0 bridgehead atoms. The van der Waals surface area contributed by atoms with E-state index >= 15 is 0 Å². The fourth-order valence-electron chi connectivity index (χ4n) is 2.82. The van der Waals surface area contributed by atoms with Crippen molar-refractivity contribution in [2.45, 2.75) is 20.8 Å². The number of thiazole rings is 1. The van der Waals surface area contributed by atoms with Gasteiger partial charge in [0, 0.05) is 25.5 Å². The molecule has 27 heavy (non-hydrogen) atoms. The summed E-state index contributed by atoms with van der Waals surface area (Å²) in [6.07, 6.45) is 4.56. The molecule has 6 nitrogen and oxygen atoms in total. The Kier molecular flexibility index (Phi) is 6.36. The van der Waals surface area contributed by atoms with Gasteiger partial charge < -0.3 is 4.90 Å². The standard InChI is InChI=1S/C19H22ClN5OS/c1-4-24(5-2)10-11-25(18(26)15-12-21-8-9-22-15)19-23-16-13(3)6-7-14(20)17(16)27-19/h6-9,12H,4-5,10-11H2,1-3H3. The van der Waals surface area contributed by atoms with Crippen molar-refractivity contribution >= 4 is 44.2 Å². The Morgan fingerprint density at radius 3 is 2.59 bits per heavy atom. The van der Waals surface area contributed by atoms with Crippen LogP contribution in [-0.4, -0.2) is 51.9 Å². The molecule has 0 fully saturated rings. The maximum absolute atomic E-state index is 13.1. The third-order valence-electron chi connectivity index (χ3n) is 4.48. The number of aromatic nitrogens is 3. The van der Waals surface area contributed by atoms with E-state index in [0.717, 1.165) is 35.4 Å². The van der Waals surface area contributed by atoms with Crippen LogP contribution in [0.1, 0.15) is 29.9 Å². The highest BCUT2D eigenvalue weighted by Gasteiger charge is 2.24. The van der Waals surface area contributed by atoms with E-state index in [9.17, 15) is 4.79 Å². The molecule has 0 N–H and O–H groups in total. The number of halogens is 1. The van der Waals surface area contributed by atoms with Crippen molar-refractivity contribution in [1.82, 2.24) is 19.9 Å². The summed E-state index contributed by atoms with van der Waals surface area (Å²) >= 11 is 7.78. The minimum absolute atomic E-state index is 0.205. The van der Waals surface area contributed by atoms with Crippen LogP contribution in [0.4, 0.5) is 5.13 Å². The Hall–Kier alpha value is -2.09. The Morgan fingerprint density at radius 1 is 1.19 bits per heavy atom. The van der Waals surface area contributed by atoms with Crippen molar-refractivity contribution in [2.75, 3.05) is 31.1 Å². The smallest absolute Gasteiger partial charge is 0.280 e. The number of carbonyl (C=O) groups is 1. The lowest BCUT2D eigenvalue weighted by Crippen LogP contribution is -2.39. The van der Waals surface area contributed by atoms with E-state index in [2.05, 4.69) is 28.7 Å². The zero-order valence-corrected chi connectivity index (χ0v) is 17.2. The van der Waals surface area contributed by atoms with Gasteiger partial charge in [-0.1, -0.05) is 42.9 Å². The maximum atomic E-state index is 13.1. The third kappa shape index (κ3) is 4.26. The summed E-state index contributed by atoms with van der Waals surface area (Å²) in [5.74, 6) is -0.205. The van der Waals surface area contributed by atoms with Crippen LogP contribution in [0.15, 0.2) is 30.7 Å². The Labute approximate surface area is 167 Å². The summed E-state index contributed by atoms with van der Waals surface area (Å²) in [7, 11) is 0. The number of hydrogen-bond donors (Lipinski definition) is 0. The highest BCUT2D eigenvalue weighted by molar-refractivity contribution is 7.23. The molecule has 8 heteroatoms. The summed E-state index contributed by atoms with van der Waals surface area (Å²) < 4.78 is 0.895. The van der Waals surface area contributed by atoms with E-state index < -0.39 is 0 Å². The summed E-state index contributed by atoms with van der Waals surface area (Å²) in [4.78, 5) is 30.0. The van der Waals surface area contributed by atoms with Crippen molar-refractivity contribution < 1.29 is 4.79 Å². The second-order valence-corrected chi connectivity index (χ2v) is 7.50. The molecule has 0 saturated carbocycles. The lowest BCUT2D eigenvalue weighted by Gasteiger charge is -2.24. The molecule has 0 radical (unpaired) electrons. The third-order valence-corrected chi connectivity index (χ3v) is 6.02. The molecule has 0 aliphatic carbocycles. The first-order valence-electron chi connectivity index (χ1n) is 8.91. The fraction of sp³-hybridized carbons (Fsp3) is 0.368. The molecule has 0 unspecified atom stereocenters. The van der Waals surface area contributed by atoms with Gasteiger partial charge in [-0.25, -0.2) is 9.97 Å². The molecular weight excluding hydrogens is 382 g/mol. The van der Waals surface area contributed by atoms with Gasteiger partial charge in [-0.05, 0) is 31.6 Å². The topological polar surface area (TPSA) is 62.2 Å². The molecule has 0 saturated heterocycles. The number of fused-ring (bicyclic) bond motifs is 1. The van der Waals surface area contributed by atoms with E-state index in [1.165, 1.54) is 23.7 Å². The number of carbonyl (C=O) groups excluding carboxylic acids is 1. The van der Waals surface area contributed by atoms with E-state index in [1.54, 1.807) is 11.1 Å². The number of hydrogen-bond acceptors (Lipinski definition) is 6. The Morgan fingerprint density at radius 2 is 1.96 bits per heavy atom. The molecule has 3 rings (SSSR count). The summed E-state index contributed by atoms with van der Waals surface area (Å²) in [5.41, 5.74) is 2.17. The molecule has 2 aromatic heterocycles. The SMILES string of the molecule is CCN(CC)CCN(C(=O)c1cnccn1)c1nc2c(C)ccc(Cl)c2s1. The largest absolute Gasteiger partial charge is 0.302 e. The van der Waals surface area contributed by atoms with E-state index in [0.29, 0.717) is 22.4 Å². The molecule has 2 heterocycles. The summed E-state index contributed by atoms with van der Waals surface area (Å²) in [6, 6.07) is 3.81. The first-order valence-corrected chi connectivity index (χ1v) is 10.1. The number of benzene rings is 1. The van der Waals surface area contributed by atoms with Crippen molar-refractivity contribution in [3.8, 4) is 0 Å². The van der Waals surface area contributed by atoms with Crippen LogP contribution in [0, 0.1) is 6.92 Å². The molecule has 0 aliphatic heterocycles. The lowest BCUT2D eigenvalue weighted by molar-refractivity contribution is 0.0978. The van der Waals surface area contributed by atoms with Crippen molar-refractivity contribution in [2.24, 2.45) is 0 Å². The zero-order chi connectivity index (χ0) is 19.4.